The van der Waals surface area contributed by atoms with Gasteiger partial charge in [-0.1, -0.05) is 23.7 Å². The lowest BCUT2D eigenvalue weighted by Crippen LogP contribution is -2.10. The Morgan fingerprint density at radius 2 is 1.75 bits per heavy atom. The second-order valence-electron chi connectivity index (χ2n) is 2.33. The van der Waals surface area contributed by atoms with E-state index in [9.17, 15) is 0 Å². The molecule has 0 aromatic rings. The third-order valence-electron chi connectivity index (χ3n) is 1.33. The molecule has 0 aliphatic carbocycles. The van der Waals surface area contributed by atoms with E-state index in [4.69, 9.17) is 0 Å². The predicted molar refractivity (Wildman–Crippen MR) is 49.5 cm³/mol. The Bertz CT molecular complexity index is 176. The molecule has 0 rings (SSSR count). The first kappa shape index (κ1) is 10.9. The molecule has 12 heavy (non-hydrogen) atoms. The highest BCUT2D eigenvalue weighted by atomic mass is 16.6. The third kappa shape index (κ3) is 3.95. The smallest absolute Gasteiger partial charge is 0.106 e. The lowest BCUT2D eigenvalue weighted by Gasteiger charge is -2.01. The minimum absolute atomic E-state index is 0.765. The average molecular weight is 172 g/mol. The minimum atomic E-state index is 0.765. The van der Waals surface area contributed by atoms with E-state index in [1.54, 1.807) is 0 Å². The zero-order valence-electron chi connectivity index (χ0n) is 8.13. The zero-order chi connectivity index (χ0) is 9.40. The molecule has 0 aliphatic rings. The van der Waals surface area contributed by atoms with Crippen LogP contribution in [-0.4, -0.2) is 25.6 Å². The average Bonchev–Trinajstić information content (AvgIpc) is 2.04. The number of hydrogen-bond acceptors (Lipinski definition) is 4. The first-order valence-electron chi connectivity index (χ1n) is 3.94. The van der Waals surface area contributed by atoms with Gasteiger partial charge in [-0.2, -0.15) is 0 Å². The second kappa shape index (κ2) is 6.64. The van der Waals surface area contributed by atoms with Gasteiger partial charge in [-0.3, -0.25) is 0 Å². The van der Waals surface area contributed by atoms with Crippen LogP contribution in [0, 0.1) is 0 Å². The molecule has 0 bridgehead atoms. The van der Waals surface area contributed by atoms with Crippen molar-refractivity contribution in [1.29, 1.82) is 0 Å². The highest BCUT2D eigenvalue weighted by Gasteiger charge is 2.03. The minimum Gasteiger partial charge on any atom is -0.399 e. The van der Waals surface area contributed by atoms with Gasteiger partial charge in [-0.05, 0) is 13.3 Å². The summed E-state index contributed by atoms with van der Waals surface area (Å²) >= 11 is 0. The van der Waals surface area contributed by atoms with Crippen molar-refractivity contribution >= 4 is 11.4 Å². The molecule has 0 atom stereocenters. The molecule has 0 aromatic heterocycles. The summed E-state index contributed by atoms with van der Waals surface area (Å²) in [5.74, 6) is 0. The van der Waals surface area contributed by atoms with E-state index in [-0.39, 0.29) is 0 Å². The molecule has 0 amide bonds. The Hall–Kier alpha value is -1.06. The van der Waals surface area contributed by atoms with E-state index in [1.807, 2.05) is 6.92 Å². The van der Waals surface area contributed by atoms with E-state index < -0.39 is 0 Å². The zero-order valence-corrected chi connectivity index (χ0v) is 8.13. The molecule has 70 valence electrons. The molecular weight excluding hydrogens is 156 g/mol. The largest absolute Gasteiger partial charge is 0.399 e. The fraction of sp³-hybridized carbons (Fsp3) is 0.750. The van der Waals surface area contributed by atoms with Crippen LogP contribution in [0.25, 0.3) is 0 Å². The standard InChI is InChI=1S/C8H16N2O2/c1-5-6-8(10-12-4)7(2)9-11-3/h5-6H2,1-4H3. The van der Waals surface area contributed by atoms with E-state index in [1.165, 1.54) is 14.2 Å². The maximum Gasteiger partial charge on any atom is 0.106 e. The van der Waals surface area contributed by atoms with Crippen LogP contribution in [0.15, 0.2) is 10.3 Å². The molecule has 0 aliphatic heterocycles. The van der Waals surface area contributed by atoms with Crippen molar-refractivity contribution in [2.75, 3.05) is 14.2 Å². The Kier molecular flexibility index (Phi) is 6.05. The van der Waals surface area contributed by atoms with Crippen molar-refractivity contribution in [3.63, 3.8) is 0 Å². The van der Waals surface area contributed by atoms with Gasteiger partial charge >= 0.3 is 0 Å². The van der Waals surface area contributed by atoms with Crippen molar-refractivity contribution in [3.05, 3.63) is 0 Å². The van der Waals surface area contributed by atoms with Crippen molar-refractivity contribution in [1.82, 2.24) is 0 Å². The summed E-state index contributed by atoms with van der Waals surface area (Å²) in [6, 6.07) is 0. The first-order chi connectivity index (χ1) is 5.76. The summed E-state index contributed by atoms with van der Waals surface area (Å²) in [6.07, 6.45) is 1.87. The molecule has 0 radical (unpaired) electrons. The van der Waals surface area contributed by atoms with Crippen LogP contribution in [-0.2, 0) is 9.68 Å². The molecule has 0 saturated heterocycles. The van der Waals surface area contributed by atoms with Gasteiger partial charge in [-0.25, -0.2) is 0 Å². The topological polar surface area (TPSA) is 43.2 Å². The summed E-state index contributed by atoms with van der Waals surface area (Å²) in [5.41, 5.74) is 1.60. The van der Waals surface area contributed by atoms with Crippen LogP contribution in [0.1, 0.15) is 26.7 Å². The predicted octanol–water partition coefficient (Wildman–Crippen LogP) is 1.81. The second-order valence-corrected chi connectivity index (χ2v) is 2.33. The Morgan fingerprint density at radius 1 is 1.17 bits per heavy atom. The van der Waals surface area contributed by atoms with Gasteiger partial charge in [0, 0.05) is 0 Å². The van der Waals surface area contributed by atoms with E-state index >= 15 is 0 Å². The van der Waals surface area contributed by atoms with E-state index in [2.05, 4.69) is 26.9 Å². The van der Waals surface area contributed by atoms with Crippen molar-refractivity contribution in [3.8, 4) is 0 Å². The van der Waals surface area contributed by atoms with Crippen molar-refractivity contribution in [2.45, 2.75) is 26.7 Å². The summed E-state index contributed by atoms with van der Waals surface area (Å²) in [4.78, 5) is 9.30. The van der Waals surface area contributed by atoms with Crippen LogP contribution in [0.5, 0.6) is 0 Å². The number of nitrogens with zero attached hydrogens (tertiary/aromatic N) is 2. The summed E-state index contributed by atoms with van der Waals surface area (Å²) in [6.45, 7) is 3.92. The van der Waals surface area contributed by atoms with Gasteiger partial charge in [0.2, 0.25) is 0 Å². The highest BCUT2D eigenvalue weighted by Crippen LogP contribution is 1.96. The molecule has 0 spiro atoms. The van der Waals surface area contributed by atoms with Crippen LogP contribution in [0.4, 0.5) is 0 Å². The van der Waals surface area contributed by atoms with Crippen LogP contribution in [0.3, 0.4) is 0 Å². The van der Waals surface area contributed by atoms with Crippen molar-refractivity contribution < 1.29 is 9.68 Å². The van der Waals surface area contributed by atoms with Crippen LogP contribution < -0.4 is 0 Å². The summed E-state index contributed by atoms with van der Waals surface area (Å²) in [7, 11) is 3.04. The molecule has 0 N–H and O–H groups in total. The molecule has 0 saturated carbocycles. The van der Waals surface area contributed by atoms with Gasteiger partial charge in [0.15, 0.2) is 0 Å². The number of rotatable bonds is 5. The maximum absolute atomic E-state index is 4.68. The lowest BCUT2D eigenvalue weighted by molar-refractivity contribution is 0.209. The molecule has 0 heterocycles. The molecular formula is C8H16N2O2. The van der Waals surface area contributed by atoms with Gasteiger partial charge in [0.25, 0.3) is 0 Å². The normalized spacial score (nSPS) is 13.0. The number of oxime groups is 2. The Morgan fingerprint density at radius 3 is 2.17 bits per heavy atom. The fourth-order valence-electron chi connectivity index (χ4n) is 0.829. The molecule has 4 nitrogen and oxygen atoms in total. The van der Waals surface area contributed by atoms with E-state index in [0.717, 1.165) is 24.3 Å². The molecule has 0 unspecified atom stereocenters. The summed E-state index contributed by atoms with van der Waals surface area (Å²) in [5, 5.41) is 7.61. The monoisotopic (exact) mass is 172 g/mol. The van der Waals surface area contributed by atoms with Gasteiger partial charge in [-0.15, -0.1) is 0 Å². The van der Waals surface area contributed by atoms with Crippen molar-refractivity contribution in [2.24, 2.45) is 10.3 Å². The SMILES string of the molecule is CCCC(=NOC)C(C)=NOC. The summed E-state index contributed by atoms with van der Waals surface area (Å²) < 4.78 is 0. The lowest BCUT2D eigenvalue weighted by atomic mass is 10.1. The van der Waals surface area contributed by atoms with Crippen LogP contribution in [0.2, 0.25) is 0 Å². The third-order valence-corrected chi connectivity index (χ3v) is 1.33. The highest BCUT2D eigenvalue weighted by molar-refractivity contribution is 6.41. The van der Waals surface area contributed by atoms with E-state index in [0.29, 0.717) is 0 Å². The first-order valence-corrected chi connectivity index (χ1v) is 3.94. The molecule has 4 heteroatoms. The molecule has 0 fully saturated rings. The van der Waals surface area contributed by atoms with Gasteiger partial charge in [0.05, 0.1) is 0 Å². The van der Waals surface area contributed by atoms with Crippen LogP contribution >= 0.6 is 0 Å². The number of hydrogen-bond donors (Lipinski definition) is 0. The quantitative estimate of drug-likeness (QED) is 0.469. The van der Waals surface area contributed by atoms with Gasteiger partial charge < -0.3 is 9.68 Å². The fourth-order valence-corrected chi connectivity index (χ4v) is 0.829. The Labute approximate surface area is 73.2 Å². The Balaban J connectivity index is 4.29. The maximum atomic E-state index is 4.68. The van der Waals surface area contributed by atoms with Gasteiger partial charge in [0.1, 0.15) is 25.6 Å². The molecule has 0 aromatic carbocycles.